The summed E-state index contributed by atoms with van der Waals surface area (Å²) in [5, 5.41) is 7.36. The Kier molecular flexibility index (Phi) is 6.90. The van der Waals surface area contributed by atoms with Gasteiger partial charge in [-0.25, -0.2) is 0 Å². The number of alkyl halides is 3. The van der Waals surface area contributed by atoms with Gasteiger partial charge in [-0.2, -0.15) is 13.2 Å². The van der Waals surface area contributed by atoms with Crippen LogP contribution in [0.2, 0.25) is 0 Å². The highest BCUT2D eigenvalue weighted by atomic mass is 19.4. The fourth-order valence-electron chi connectivity index (χ4n) is 6.84. The highest BCUT2D eigenvalue weighted by Crippen LogP contribution is 2.65. The first-order chi connectivity index (χ1) is 18.9. The summed E-state index contributed by atoms with van der Waals surface area (Å²) < 4.78 is 45.4. The minimum Gasteiger partial charge on any atom is -0.370 e. The van der Waals surface area contributed by atoms with E-state index in [1.54, 1.807) is 12.2 Å². The second kappa shape index (κ2) is 9.56. The van der Waals surface area contributed by atoms with Crippen LogP contribution in [0.4, 0.5) is 13.2 Å². The normalized spacial score (nSPS) is 31.9. The molecule has 41 heavy (non-hydrogen) atoms. The number of nitrogens with two attached hydrogens (primary N) is 1. The first kappa shape index (κ1) is 29.6. The fourth-order valence-corrected chi connectivity index (χ4v) is 6.84. The van der Waals surface area contributed by atoms with E-state index < -0.39 is 65.6 Å². The van der Waals surface area contributed by atoms with E-state index in [4.69, 9.17) is 10.5 Å². The monoisotopic (exact) mass is 585 g/mol. The molecular formula is C27H38F3N5O6. The number of carbonyl (C=O) groups is 5. The molecule has 5 N–H and O–H groups in total. The number of piperidine rings is 1. The third-order valence-electron chi connectivity index (χ3n) is 9.89. The molecule has 11 nitrogen and oxygen atoms in total. The molecule has 0 radical (unpaired) electrons. The van der Waals surface area contributed by atoms with Crippen LogP contribution in [0.15, 0.2) is 0 Å². The second-order valence-electron chi connectivity index (χ2n) is 13.5. The Morgan fingerprint density at radius 3 is 2.27 bits per heavy atom. The summed E-state index contributed by atoms with van der Waals surface area (Å²) in [6, 6.07) is -3.98. The van der Waals surface area contributed by atoms with Gasteiger partial charge in [0.05, 0.1) is 11.7 Å². The number of nitrogens with zero attached hydrogens (tertiary/aromatic N) is 1. The Labute approximate surface area is 235 Å². The van der Waals surface area contributed by atoms with Crippen LogP contribution < -0.4 is 21.7 Å². The third kappa shape index (κ3) is 5.63. The number of primary amides is 1. The van der Waals surface area contributed by atoms with Crippen molar-refractivity contribution in [3.05, 3.63) is 0 Å². The molecule has 3 saturated carbocycles. The number of ether oxygens (including phenoxy) is 1. The average molecular weight is 586 g/mol. The van der Waals surface area contributed by atoms with E-state index in [1.807, 2.05) is 13.8 Å². The highest BCUT2D eigenvalue weighted by Gasteiger charge is 2.70. The van der Waals surface area contributed by atoms with Crippen LogP contribution in [0, 0.1) is 23.2 Å². The van der Waals surface area contributed by atoms with E-state index in [2.05, 4.69) is 10.6 Å². The number of nitrogens with one attached hydrogen (secondary N) is 3. The zero-order chi connectivity index (χ0) is 30.3. The molecule has 3 unspecified atom stereocenters. The Hall–Kier alpha value is -2.90. The maximum absolute atomic E-state index is 13.8. The quantitative estimate of drug-likeness (QED) is 0.292. The summed E-state index contributed by atoms with van der Waals surface area (Å²) >= 11 is 0. The van der Waals surface area contributed by atoms with Gasteiger partial charge in [0.2, 0.25) is 23.6 Å². The molecule has 0 aromatic heterocycles. The Morgan fingerprint density at radius 2 is 1.76 bits per heavy atom. The van der Waals surface area contributed by atoms with Crippen molar-refractivity contribution < 1.29 is 41.9 Å². The highest BCUT2D eigenvalue weighted by molar-refractivity contribution is 5.96. The van der Waals surface area contributed by atoms with Gasteiger partial charge in [0.25, 0.3) is 0 Å². The Morgan fingerprint density at radius 1 is 1.12 bits per heavy atom. The predicted molar refractivity (Wildman–Crippen MR) is 136 cm³/mol. The molecule has 228 valence electrons. The maximum atomic E-state index is 13.8. The van der Waals surface area contributed by atoms with E-state index >= 15 is 0 Å². The van der Waals surface area contributed by atoms with E-state index in [-0.39, 0.29) is 41.7 Å². The van der Waals surface area contributed by atoms with Crippen molar-refractivity contribution in [3.63, 3.8) is 0 Å². The predicted octanol–water partition coefficient (Wildman–Crippen LogP) is 0.503. The molecule has 2 heterocycles. The molecule has 0 bridgehead atoms. The first-order valence-corrected chi connectivity index (χ1v) is 14.2. The molecule has 5 rings (SSSR count). The lowest BCUT2D eigenvalue weighted by Gasteiger charge is -2.36. The zero-order valence-corrected chi connectivity index (χ0v) is 23.6. The van der Waals surface area contributed by atoms with Crippen LogP contribution in [0.1, 0.15) is 66.2 Å². The number of carbonyl (C=O) groups excluding carboxylic acids is 5. The number of fused-ring (bicyclic) bond motifs is 1. The minimum atomic E-state index is -5.23. The first-order valence-electron chi connectivity index (χ1n) is 14.2. The molecular weight excluding hydrogens is 547 g/mol. The maximum Gasteiger partial charge on any atom is 0.471 e. The van der Waals surface area contributed by atoms with Gasteiger partial charge in [-0.05, 0) is 69.6 Å². The smallest absolute Gasteiger partial charge is 0.370 e. The lowest BCUT2D eigenvalue weighted by Crippen LogP contribution is -2.61. The van der Waals surface area contributed by atoms with Crippen LogP contribution in [-0.2, 0) is 28.7 Å². The van der Waals surface area contributed by atoms with Crippen molar-refractivity contribution in [1.29, 1.82) is 0 Å². The van der Waals surface area contributed by atoms with E-state index in [1.165, 1.54) is 11.8 Å². The number of hydrogen-bond acceptors (Lipinski definition) is 6. The summed E-state index contributed by atoms with van der Waals surface area (Å²) in [6.07, 6.45) is -2.77. The Balaban J connectivity index is 1.34. The lowest BCUT2D eigenvalue weighted by atomic mass is 9.94. The van der Waals surface area contributed by atoms with Gasteiger partial charge in [-0.3, -0.25) is 24.0 Å². The lowest BCUT2D eigenvalue weighted by molar-refractivity contribution is -0.177. The summed E-state index contributed by atoms with van der Waals surface area (Å²) in [4.78, 5) is 65.4. The van der Waals surface area contributed by atoms with Crippen molar-refractivity contribution in [3.8, 4) is 0 Å². The van der Waals surface area contributed by atoms with Crippen molar-refractivity contribution in [2.75, 3.05) is 6.54 Å². The van der Waals surface area contributed by atoms with Crippen molar-refractivity contribution in [2.45, 2.75) is 108 Å². The van der Waals surface area contributed by atoms with Crippen LogP contribution in [0.5, 0.6) is 0 Å². The molecule has 14 heteroatoms. The molecule has 2 aliphatic heterocycles. The summed E-state index contributed by atoms with van der Waals surface area (Å²) in [5.41, 5.74) is 4.42. The van der Waals surface area contributed by atoms with Crippen molar-refractivity contribution in [1.82, 2.24) is 20.9 Å². The third-order valence-corrected chi connectivity index (χ3v) is 9.89. The number of likely N-dealkylation sites (tertiary alicyclic amines) is 1. The van der Waals surface area contributed by atoms with Crippen molar-refractivity contribution >= 4 is 29.5 Å². The average Bonchev–Trinajstić information content (AvgIpc) is 3.77. The number of halogens is 3. The topological polar surface area (TPSA) is 160 Å². The molecule has 5 fully saturated rings. The largest absolute Gasteiger partial charge is 0.471 e. The summed E-state index contributed by atoms with van der Waals surface area (Å²) in [7, 11) is 0. The van der Waals surface area contributed by atoms with Gasteiger partial charge >= 0.3 is 12.1 Å². The van der Waals surface area contributed by atoms with Gasteiger partial charge in [-0.1, -0.05) is 13.8 Å². The van der Waals surface area contributed by atoms with Crippen LogP contribution in [0.3, 0.4) is 0 Å². The van der Waals surface area contributed by atoms with Crippen LogP contribution >= 0.6 is 0 Å². The van der Waals surface area contributed by atoms with Gasteiger partial charge in [0.1, 0.15) is 18.1 Å². The van der Waals surface area contributed by atoms with Gasteiger partial charge in [0.15, 0.2) is 0 Å². The summed E-state index contributed by atoms with van der Waals surface area (Å²) in [6.45, 7) is 7.12. The van der Waals surface area contributed by atoms with Gasteiger partial charge < -0.3 is 31.3 Å². The second-order valence-corrected chi connectivity index (χ2v) is 13.5. The van der Waals surface area contributed by atoms with Crippen molar-refractivity contribution in [2.24, 2.45) is 28.9 Å². The van der Waals surface area contributed by atoms with Crippen LogP contribution in [0.25, 0.3) is 0 Å². The SMILES string of the molecule is C[C@@H](OC1(C)CC1)[C@H](NC(=O)C(F)(F)F)C(=O)N1CC2C(C1C(=O)N[C@@H](C[C@@H]1CC3(CC3)NC1=O)C(N)=O)C2(C)C. The molecule has 1 spiro atoms. The van der Waals surface area contributed by atoms with E-state index in [0.29, 0.717) is 19.3 Å². The molecule has 3 aliphatic carbocycles. The van der Waals surface area contributed by atoms with Gasteiger partial charge in [0, 0.05) is 18.0 Å². The summed E-state index contributed by atoms with van der Waals surface area (Å²) in [5.74, 6) is -5.81. The molecule has 5 amide bonds. The molecule has 0 aromatic rings. The molecule has 2 saturated heterocycles. The number of amides is 5. The zero-order valence-electron chi connectivity index (χ0n) is 23.6. The number of hydrogen-bond donors (Lipinski definition) is 4. The molecule has 0 aromatic carbocycles. The molecule has 5 aliphatic rings. The van der Waals surface area contributed by atoms with E-state index in [9.17, 15) is 37.1 Å². The number of rotatable bonds is 10. The van der Waals surface area contributed by atoms with Crippen LogP contribution in [-0.4, -0.2) is 82.5 Å². The van der Waals surface area contributed by atoms with Gasteiger partial charge in [-0.15, -0.1) is 0 Å². The fraction of sp³-hybridized carbons (Fsp3) is 0.815. The Bertz CT molecular complexity index is 1170. The molecule has 7 atom stereocenters. The standard InChI is InChI=1S/C27H38F3N5O6/c1-12(41-25(4)5-6-25)17(33-23(40)27(28,29)30)22(39)35-11-14-16(24(14,2)3)18(35)21(38)32-15(19(31)36)9-13-10-26(7-8-26)34-20(13)37/h12-18H,5-11H2,1-4H3,(H2,31,36)(H,32,38)(H,33,40)(H,34,37)/t12-,13-,14?,15+,16?,17+,18?/m1/s1. The minimum absolute atomic E-state index is 0.000529. The van der Waals surface area contributed by atoms with E-state index in [0.717, 1.165) is 12.8 Å².